The topological polar surface area (TPSA) is 24.5 Å². The van der Waals surface area contributed by atoms with Gasteiger partial charge in [-0.05, 0) is 38.1 Å². The van der Waals surface area contributed by atoms with Crippen LogP contribution in [0.15, 0.2) is 0 Å². The molecule has 1 saturated carbocycles. The molecule has 3 aliphatic rings. The fourth-order valence-corrected chi connectivity index (χ4v) is 3.92. The Morgan fingerprint density at radius 1 is 1.31 bits per heavy atom. The first-order valence-corrected chi connectivity index (χ1v) is 6.95. The van der Waals surface area contributed by atoms with Gasteiger partial charge in [0, 0.05) is 31.3 Å². The molecule has 0 spiro atoms. The van der Waals surface area contributed by atoms with Crippen LogP contribution >= 0.6 is 0 Å². The summed E-state index contributed by atoms with van der Waals surface area (Å²) in [6.45, 7) is 6.52. The first-order chi connectivity index (χ1) is 7.88. The van der Waals surface area contributed by atoms with Gasteiger partial charge in [-0.1, -0.05) is 6.92 Å². The number of likely N-dealkylation sites (tertiary alicyclic amines) is 1. The van der Waals surface area contributed by atoms with Crippen LogP contribution in [0.1, 0.15) is 32.6 Å². The molecule has 2 aliphatic heterocycles. The Morgan fingerprint density at radius 2 is 2.25 bits per heavy atom. The predicted molar refractivity (Wildman–Crippen MR) is 64.5 cm³/mol. The smallest absolute Gasteiger partial charge is 0.0637 e. The third-order valence-electron chi connectivity index (χ3n) is 4.67. The van der Waals surface area contributed by atoms with Crippen molar-refractivity contribution in [3.8, 4) is 0 Å². The van der Waals surface area contributed by atoms with E-state index in [4.69, 9.17) is 4.74 Å². The first-order valence-electron chi connectivity index (χ1n) is 6.95. The van der Waals surface area contributed by atoms with Gasteiger partial charge in [0.05, 0.1) is 6.61 Å². The summed E-state index contributed by atoms with van der Waals surface area (Å²) in [4.78, 5) is 2.75. The van der Waals surface area contributed by atoms with Crippen molar-refractivity contribution in [2.45, 2.75) is 50.7 Å². The van der Waals surface area contributed by atoms with E-state index in [-0.39, 0.29) is 0 Å². The van der Waals surface area contributed by atoms with E-state index in [0.717, 1.165) is 31.7 Å². The molecule has 1 N–H and O–H groups in total. The molecule has 92 valence electrons. The van der Waals surface area contributed by atoms with Crippen molar-refractivity contribution in [1.29, 1.82) is 0 Å². The van der Waals surface area contributed by atoms with Crippen LogP contribution in [0.4, 0.5) is 0 Å². The van der Waals surface area contributed by atoms with E-state index in [2.05, 4.69) is 17.1 Å². The van der Waals surface area contributed by atoms with E-state index >= 15 is 0 Å². The molecule has 0 amide bonds. The van der Waals surface area contributed by atoms with Gasteiger partial charge in [0.2, 0.25) is 0 Å². The Hall–Kier alpha value is -0.120. The molecule has 4 atom stereocenters. The molecule has 2 bridgehead atoms. The highest BCUT2D eigenvalue weighted by atomic mass is 16.5. The van der Waals surface area contributed by atoms with Gasteiger partial charge in [0.15, 0.2) is 0 Å². The summed E-state index contributed by atoms with van der Waals surface area (Å²) in [6.07, 6.45) is 5.54. The monoisotopic (exact) mass is 224 g/mol. The number of fused-ring (bicyclic) bond motifs is 2. The van der Waals surface area contributed by atoms with Gasteiger partial charge in [0.25, 0.3) is 0 Å². The van der Waals surface area contributed by atoms with Crippen LogP contribution in [0.2, 0.25) is 0 Å². The summed E-state index contributed by atoms with van der Waals surface area (Å²) >= 11 is 0. The molecule has 0 aromatic heterocycles. The highest BCUT2D eigenvalue weighted by molar-refractivity contribution is 4.99. The minimum atomic E-state index is 0.643. The van der Waals surface area contributed by atoms with E-state index in [1.54, 1.807) is 0 Å². The van der Waals surface area contributed by atoms with Crippen molar-refractivity contribution in [2.75, 3.05) is 26.3 Å². The third-order valence-corrected chi connectivity index (χ3v) is 4.67. The number of ether oxygens (including phenoxy) is 1. The van der Waals surface area contributed by atoms with E-state index in [1.165, 1.54) is 32.2 Å². The van der Waals surface area contributed by atoms with Crippen LogP contribution in [0, 0.1) is 5.92 Å². The van der Waals surface area contributed by atoms with Crippen LogP contribution in [0.25, 0.3) is 0 Å². The summed E-state index contributed by atoms with van der Waals surface area (Å²) in [5, 5.41) is 3.65. The van der Waals surface area contributed by atoms with Gasteiger partial charge in [-0.2, -0.15) is 0 Å². The standard InChI is InChI=1S/C13H24N2O/c1-2-14-12-5-6-16-9-13(12)15-8-10-3-4-11(15)7-10/h10-14H,2-9H2,1H3. The van der Waals surface area contributed by atoms with Gasteiger partial charge in [-0.15, -0.1) is 0 Å². The Kier molecular flexibility index (Phi) is 3.18. The summed E-state index contributed by atoms with van der Waals surface area (Å²) in [6, 6.07) is 2.18. The van der Waals surface area contributed by atoms with Gasteiger partial charge in [-0.25, -0.2) is 0 Å². The van der Waals surface area contributed by atoms with E-state index in [1.807, 2.05) is 0 Å². The summed E-state index contributed by atoms with van der Waals surface area (Å²) in [5.41, 5.74) is 0. The lowest BCUT2D eigenvalue weighted by Crippen LogP contribution is -2.57. The summed E-state index contributed by atoms with van der Waals surface area (Å²) in [5.74, 6) is 0.995. The molecule has 1 aliphatic carbocycles. The number of hydrogen-bond acceptors (Lipinski definition) is 3. The molecule has 3 fully saturated rings. The van der Waals surface area contributed by atoms with E-state index in [0.29, 0.717) is 12.1 Å². The average Bonchev–Trinajstić information content (AvgIpc) is 2.92. The zero-order valence-electron chi connectivity index (χ0n) is 10.3. The van der Waals surface area contributed by atoms with Crippen LogP contribution in [0.5, 0.6) is 0 Å². The van der Waals surface area contributed by atoms with Gasteiger partial charge in [0.1, 0.15) is 0 Å². The second-order valence-electron chi connectivity index (χ2n) is 5.62. The molecule has 3 nitrogen and oxygen atoms in total. The number of piperidine rings is 1. The summed E-state index contributed by atoms with van der Waals surface area (Å²) < 4.78 is 5.70. The highest BCUT2D eigenvalue weighted by Crippen LogP contribution is 2.39. The minimum Gasteiger partial charge on any atom is -0.380 e. The molecule has 4 unspecified atom stereocenters. The molecular weight excluding hydrogens is 200 g/mol. The second kappa shape index (κ2) is 4.63. The molecule has 16 heavy (non-hydrogen) atoms. The van der Waals surface area contributed by atoms with Gasteiger partial charge >= 0.3 is 0 Å². The number of rotatable bonds is 3. The molecule has 3 rings (SSSR count). The van der Waals surface area contributed by atoms with Crippen molar-refractivity contribution in [3.63, 3.8) is 0 Å². The number of hydrogen-bond donors (Lipinski definition) is 1. The maximum atomic E-state index is 5.70. The van der Waals surface area contributed by atoms with Crippen molar-refractivity contribution >= 4 is 0 Å². The van der Waals surface area contributed by atoms with Gasteiger partial charge in [-0.3, -0.25) is 4.90 Å². The highest BCUT2D eigenvalue weighted by Gasteiger charge is 2.43. The number of likely N-dealkylation sites (N-methyl/N-ethyl adjacent to an activating group) is 1. The summed E-state index contributed by atoms with van der Waals surface area (Å²) in [7, 11) is 0. The lowest BCUT2D eigenvalue weighted by Gasteiger charge is -2.42. The second-order valence-corrected chi connectivity index (χ2v) is 5.62. The van der Waals surface area contributed by atoms with Crippen molar-refractivity contribution in [1.82, 2.24) is 10.2 Å². The number of nitrogens with one attached hydrogen (secondary N) is 1. The van der Waals surface area contributed by atoms with Crippen molar-refractivity contribution in [2.24, 2.45) is 5.92 Å². The normalized spacial score (nSPS) is 44.1. The first kappa shape index (κ1) is 11.0. The predicted octanol–water partition coefficient (Wildman–Crippen LogP) is 1.24. The lowest BCUT2D eigenvalue weighted by atomic mass is 9.99. The van der Waals surface area contributed by atoms with Crippen LogP contribution < -0.4 is 5.32 Å². The quantitative estimate of drug-likeness (QED) is 0.780. The fraction of sp³-hybridized carbons (Fsp3) is 1.00. The largest absolute Gasteiger partial charge is 0.380 e. The Morgan fingerprint density at radius 3 is 2.94 bits per heavy atom. The zero-order chi connectivity index (χ0) is 11.0. The maximum Gasteiger partial charge on any atom is 0.0637 e. The Labute approximate surface area is 98.5 Å². The Balaban J connectivity index is 1.66. The van der Waals surface area contributed by atoms with Crippen LogP contribution in [0.3, 0.4) is 0 Å². The van der Waals surface area contributed by atoms with Crippen LogP contribution in [-0.4, -0.2) is 49.3 Å². The molecular formula is C13H24N2O. The third kappa shape index (κ3) is 1.89. The average molecular weight is 224 g/mol. The Bertz CT molecular complexity index is 244. The zero-order valence-corrected chi connectivity index (χ0v) is 10.3. The number of nitrogens with zero attached hydrogens (tertiary/aromatic N) is 1. The van der Waals surface area contributed by atoms with Crippen molar-refractivity contribution < 1.29 is 4.74 Å². The van der Waals surface area contributed by atoms with Crippen LogP contribution in [-0.2, 0) is 4.74 Å². The molecule has 0 radical (unpaired) electrons. The van der Waals surface area contributed by atoms with E-state index < -0.39 is 0 Å². The molecule has 0 aromatic rings. The molecule has 2 heterocycles. The fourth-order valence-electron chi connectivity index (χ4n) is 3.92. The minimum absolute atomic E-state index is 0.643. The van der Waals surface area contributed by atoms with Gasteiger partial charge < -0.3 is 10.1 Å². The molecule has 0 aromatic carbocycles. The lowest BCUT2D eigenvalue weighted by molar-refractivity contribution is -0.0139. The maximum absolute atomic E-state index is 5.70. The molecule has 3 heteroatoms. The van der Waals surface area contributed by atoms with E-state index in [9.17, 15) is 0 Å². The SMILES string of the molecule is CCNC1CCOCC1N1CC2CCC1C2. The molecule has 2 saturated heterocycles. The van der Waals surface area contributed by atoms with Crippen molar-refractivity contribution in [3.05, 3.63) is 0 Å².